The minimum absolute atomic E-state index is 0.00478. The lowest BCUT2D eigenvalue weighted by atomic mass is 10.0. The van der Waals surface area contributed by atoms with Crippen LogP contribution in [-0.4, -0.2) is 34.5 Å². The van der Waals surface area contributed by atoms with Gasteiger partial charge in [0.05, 0.1) is 19.2 Å². The zero-order valence-corrected chi connectivity index (χ0v) is 12.6. The smallest absolute Gasteiger partial charge is 0.420 e. The van der Waals surface area contributed by atoms with Gasteiger partial charge in [-0.15, -0.1) is 0 Å². The average molecular weight is 386 g/mol. The molecule has 0 aliphatic heterocycles. The molecule has 1 heterocycles. The minimum Gasteiger partial charge on any atom is -0.465 e. The quantitative estimate of drug-likeness (QED) is 0.781. The number of ether oxygens (including phenoxy) is 1. The number of methoxy groups -OCH3 is 1. The van der Waals surface area contributed by atoms with Crippen molar-refractivity contribution < 1.29 is 50.3 Å². The Kier molecular flexibility index (Phi) is 4.75. The maximum absolute atomic E-state index is 13.0. The van der Waals surface area contributed by atoms with Gasteiger partial charge in [-0.05, 0) is 12.1 Å². The SMILES string of the molecule is COC(=O)N(Cc1noc2c(C(F)(F)F)cc(C(F)(F)F)cc12)C(=O)O. The number of fused-ring (bicyclic) bond motifs is 1. The van der Waals surface area contributed by atoms with E-state index in [-0.39, 0.29) is 11.0 Å². The summed E-state index contributed by atoms with van der Waals surface area (Å²) in [6, 6.07) is 0.181. The van der Waals surface area contributed by atoms with Gasteiger partial charge < -0.3 is 14.4 Å². The maximum Gasteiger partial charge on any atom is 0.420 e. The van der Waals surface area contributed by atoms with Crippen molar-refractivity contribution in [1.82, 2.24) is 10.1 Å². The molecule has 13 heteroatoms. The Morgan fingerprint density at radius 1 is 1.19 bits per heavy atom. The van der Waals surface area contributed by atoms with Gasteiger partial charge in [0.2, 0.25) is 0 Å². The lowest BCUT2D eigenvalue weighted by Gasteiger charge is -2.14. The van der Waals surface area contributed by atoms with E-state index in [2.05, 4.69) is 14.4 Å². The highest BCUT2D eigenvalue weighted by atomic mass is 19.4. The largest absolute Gasteiger partial charge is 0.465 e. The van der Waals surface area contributed by atoms with Gasteiger partial charge in [-0.1, -0.05) is 5.16 Å². The highest BCUT2D eigenvalue weighted by Crippen LogP contribution is 2.41. The van der Waals surface area contributed by atoms with Crippen LogP contribution in [0.15, 0.2) is 16.7 Å². The molecule has 1 N–H and O–H groups in total. The molecule has 0 fully saturated rings. The molecule has 0 atom stereocenters. The van der Waals surface area contributed by atoms with E-state index in [1.807, 2.05) is 0 Å². The van der Waals surface area contributed by atoms with Crippen molar-refractivity contribution in [3.05, 3.63) is 29.0 Å². The van der Waals surface area contributed by atoms with Gasteiger partial charge in [0, 0.05) is 5.39 Å². The number of rotatable bonds is 2. The van der Waals surface area contributed by atoms with Gasteiger partial charge >= 0.3 is 24.5 Å². The Morgan fingerprint density at radius 3 is 2.27 bits per heavy atom. The number of hydrogen-bond acceptors (Lipinski definition) is 5. The van der Waals surface area contributed by atoms with Crippen molar-refractivity contribution in [1.29, 1.82) is 0 Å². The van der Waals surface area contributed by atoms with Gasteiger partial charge in [-0.2, -0.15) is 26.3 Å². The third-order valence-corrected chi connectivity index (χ3v) is 3.21. The van der Waals surface area contributed by atoms with E-state index in [0.29, 0.717) is 6.07 Å². The first-order valence-corrected chi connectivity index (χ1v) is 6.51. The van der Waals surface area contributed by atoms with Crippen LogP contribution >= 0.6 is 0 Å². The normalized spacial score (nSPS) is 12.3. The first kappa shape index (κ1) is 19.3. The fourth-order valence-electron chi connectivity index (χ4n) is 2.05. The molecule has 0 unspecified atom stereocenters. The molecular weight excluding hydrogens is 378 g/mol. The summed E-state index contributed by atoms with van der Waals surface area (Å²) >= 11 is 0. The number of hydrogen-bond donors (Lipinski definition) is 1. The standard InChI is InChI=1S/C13H8F6N2O5/c1-25-11(24)21(10(22)23)4-8-6-2-5(12(14,15)16)3-7(13(17,18)19)9(6)26-20-8/h2-3H,4H2,1H3,(H,22,23). The van der Waals surface area contributed by atoms with Crippen molar-refractivity contribution >= 4 is 23.2 Å². The van der Waals surface area contributed by atoms with Crippen LogP contribution in [-0.2, 0) is 23.6 Å². The van der Waals surface area contributed by atoms with Crippen LogP contribution in [0.1, 0.15) is 16.8 Å². The molecule has 2 amide bonds. The predicted molar refractivity (Wildman–Crippen MR) is 70.0 cm³/mol. The maximum atomic E-state index is 13.0. The van der Waals surface area contributed by atoms with E-state index in [0.717, 1.165) is 7.11 Å². The molecule has 0 saturated carbocycles. The average Bonchev–Trinajstić information content (AvgIpc) is 2.91. The molecule has 0 bridgehead atoms. The summed E-state index contributed by atoms with van der Waals surface area (Å²) in [6.45, 7) is -0.979. The molecule has 0 aliphatic carbocycles. The monoisotopic (exact) mass is 386 g/mol. The minimum atomic E-state index is -5.19. The number of nitrogens with zero attached hydrogens (tertiary/aromatic N) is 2. The number of carbonyl (C=O) groups is 2. The number of halogens is 6. The van der Waals surface area contributed by atoms with Crippen LogP contribution in [0, 0.1) is 0 Å². The molecule has 142 valence electrons. The van der Waals surface area contributed by atoms with Crippen LogP contribution in [0.25, 0.3) is 11.0 Å². The molecule has 0 spiro atoms. The van der Waals surface area contributed by atoms with Crippen molar-refractivity contribution in [3.63, 3.8) is 0 Å². The summed E-state index contributed by atoms with van der Waals surface area (Å²) in [5.74, 6) is 0. The van der Waals surface area contributed by atoms with Crippen LogP contribution in [0.2, 0.25) is 0 Å². The highest BCUT2D eigenvalue weighted by molar-refractivity contribution is 5.88. The number of benzene rings is 1. The third-order valence-electron chi connectivity index (χ3n) is 3.21. The second-order valence-corrected chi connectivity index (χ2v) is 4.86. The fourth-order valence-corrected chi connectivity index (χ4v) is 2.05. The Hall–Kier alpha value is -2.99. The van der Waals surface area contributed by atoms with Crippen LogP contribution in [0.3, 0.4) is 0 Å². The van der Waals surface area contributed by atoms with Gasteiger partial charge in [0.1, 0.15) is 11.3 Å². The van der Waals surface area contributed by atoms with E-state index < -0.39 is 58.9 Å². The molecule has 2 rings (SSSR count). The van der Waals surface area contributed by atoms with Crippen molar-refractivity contribution in [2.45, 2.75) is 18.9 Å². The Balaban J connectivity index is 2.66. The number of amides is 2. The van der Waals surface area contributed by atoms with Crippen molar-refractivity contribution in [2.24, 2.45) is 0 Å². The molecule has 0 saturated heterocycles. The zero-order chi connectivity index (χ0) is 19.9. The van der Waals surface area contributed by atoms with E-state index in [1.165, 1.54) is 0 Å². The topological polar surface area (TPSA) is 92.9 Å². The Morgan fingerprint density at radius 2 is 1.81 bits per heavy atom. The lowest BCUT2D eigenvalue weighted by molar-refractivity contribution is -0.142. The summed E-state index contributed by atoms with van der Waals surface area (Å²) < 4.78 is 86.4. The summed E-state index contributed by atoms with van der Waals surface area (Å²) in [5, 5.41) is 11.4. The van der Waals surface area contributed by atoms with Gasteiger partial charge in [-0.25, -0.2) is 14.5 Å². The Bertz CT molecular complexity index is 857. The molecule has 0 aliphatic rings. The number of imide groups is 1. The Labute approximate surface area is 139 Å². The predicted octanol–water partition coefficient (Wildman–Crippen LogP) is 4.11. The van der Waals surface area contributed by atoms with Crippen LogP contribution in [0.4, 0.5) is 35.9 Å². The number of carbonyl (C=O) groups excluding carboxylic acids is 1. The molecule has 2 aromatic rings. The summed E-state index contributed by atoms with van der Waals surface area (Å²) in [5.41, 5.74) is -5.01. The van der Waals surface area contributed by atoms with Crippen molar-refractivity contribution in [3.8, 4) is 0 Å². The number of alkyl halides is 6. The van der Waals surface area contributed by atoms with E-state index in [1.54, 1.807) is 0 Å². The van der Waals surface area contributed by atoms with E-state index in [4.69, 9.17) is 5.11 Å². The zero-order valence-electron chi connectivity index (χ0n) is 12.6. The van der Waals surface area contributed by atoms with E-state index >= 15 is 0 Å². The molecule has 1 aromatic carbocycles. The lowest BCUT2D eigenvalue weighted by Crippen LogP contribution is -2.35. The van der Waals surface area contributed by atoms with Crippen molar-refractivity contribution in [2.75, 3.05) is 7.11 Å². The summed E-state index contributed by atoms with van der Waals surface area (Å²) in [4.78, 5) is 22.4. The highest BCUT2D eigenvalue weighted by Gasteiger charge is 2.40. The second kappa shape index (κ2) is 6.38. The summed E-state index contributed by atoms with van der Waals surface area (Å²) in [7, 11) is 0.836. The van der Waals surface area contributed by atoms with Crippen LogP contribution in [0.5, 0.6) is 0 Å². The second-order valence-electron chi connectivity index (χ2n) is 4.86. The number of carboxylic acid groups (broad SMARTS) is 1. The first-order chi connectivity index (χ1) is 11.9. The molecule has 26 heavy (non-hydrogen) atoms. The molecule has 1 aromatic heterocycles. The fraction of sp³-hybridized carbons (Fsp3) is 0.308. The number of aromatic nitrogens is 1. The molecule has 0 radical (unpaired) electrons. The third kappa shape index (κ3) is 3.65. The van der Waals surface area contributed by atoms with Crippen LogP contribution < -0.4 is 0 Å². The van der Waals surface area contributed by atoms with Gasteiger partial charge in [-0.3, -0.25) is 0 Å². The molecular formula is C13H8F6N2O5. The summed E-state index contributed by atoms with van der Waals surface area (Å²) in [6.07, 6.45) is -13.6. The van der Waals surface area contributed by atoms with Gasteiger partial charge in [0.25, 0.3) is 0 Å². The van der Waals surface area contributed by atoms with Gasteiger partial charge in [0.15, 0.2) is 5.58 Å². The first-order valence-electron chi connectivity index (χ1n) is 6.51. The van der Waals surface area contributed by atoms with E-state index in [9.17, 15) is 35.9 Å². The molecule has 7 nitrogen and oxygen atoms in total.